The Labute approximate surface area is 163 Å². The fourth-order valence-electron chi connectivity index (χ4n) is 3.30. The Hall–Kier alpha value is -3.51. The van der Waals surface area contributed by atoms with Crippen LogP contribution in [-0.2, 0) is 0 Å². The fourth-order valence-corrected chi connectivity index (χ4v) is 4.02. The molecule has 2 aromatic carbocycles. The van der Waals surface area contributed by atoms with E-state index in [1.807, 2.05) is 40.2 Å². The van der Waals surface area contributed by atoms with Crippen molar-refractivity contribution in [2.75, 3.05) is 0 Å². The zero-order valence-corrected chi connectivity index (χ0v) is 15.4. The van der Waals surface area contributed by atoms with E-state index in [0.29, 0.717) is 5.56 Å². The van der Waals surface area contributed by atoms with Crippen LogP contribution in [0.25, 0.3) is 33.2 Å². The second-order valence-electron chi connectivity index (χ2n) is 6.35. The van der Waals surface area contributed by atoms with E-state index in [-0.39, 0.29) is 11.6 Å². The molecular formula is C22H14FN3OS. The maximum atomic E-state index is 13.3. The van der Waals surface area contributed by atoms with Gasteiger partial charge in [0.05, 0.1) is 11.4 Å². The number of allylic oxidation sites excluding steroid dienone is 1. The molecule has 5 aromatic rings. The van der Waals surface area contributed by atoms with Gasteiger partial charge in [-0.15, -0.1) is 11.3 Å². The quantitative estimate of drug-likeness (QED) is 0.323. The van der Waals surface area contributed by atoms with Gasteiger partial charge in [0.25, 0.3) is 0 Å². The van der Waals surface area contributed by atoms with Crippen molar-refractivity contribution in [1.82, 2.24) is 14.4 Å². The monoisotopic (exact) mass is 387 g/mol. The number of H-pyrrole nitrogens is 1. The number of aromatic amines is 1. The minimum absolute atomic E-state index is 0.0901. The van der Waals surface area contributed by atoms with Crippen molar-refractivity contribution < 1.29 is 9.18 Å². The first-order valence-corrected chi connectivity index (χ1v) is 9.59. The van der Waals surface area contributed by atoms with Crippen LogP contribution in [0.2, 0.25) is 0 Å². The molecule has 3 aromatic heterocycles. The number of ketones is 1. The summed E-state index contributed by atoms with van der Waals surface area (Å²) in [7, 11) is 0. The summed E-state index contributed by atoms with van der Waals surface area (Å²) in [6, 6.07) is 13.9. The number of hydrogen-bond acceptors (Lipinski definition) is 3. The highest BCUT2D eigenvalue weighted by molar-refractivity contribution is 7.15. The van der Waals surface area contributed by atoms with Gasteiger partial charge in [0.2, 0.25) is 0 Å². The minimum Gasteiger partial charge on any atom is -0.360 e. The van der Waals surface area contributed by atoms with Crippen LogP contribution in [0.5, 0.6) is 0 Å². The molecule has 3 heterocycles. The van der Waals surface area contributed by atoms with Gasteiger partial charge in [-0.2, -0.15) is 0 Å². The zero-order valence-electron chi connectivity index (χ0n) is 14.6. The summed E-state index contributed by atoms with van der Waals surface area (Å²) in [6.45, 7) is 0. The molecule has 0 fully saturated rings. The highest BCUT2D eigenvalue weighted by Gasteiger charge is 2.14. The van der Waals surface area contributed by atoms with E-state index in [9.17, 15) is 9.18 Å². The lowest BCUT2D eigenvalue weighted by Gasteiger charge is -2.00. The summed E-state index contributed by atoms with van der Waals surface area (Å²) in [6.07, 6.45) is 6.98. The molecule has 0 bridgehead atoms. The van der Waals surface area contributed by atoms with Crippen molar-refractivity contribution in [1.29, 1.82) is 0 Å². The lowest BCUT2D eigenvalue weighted by atomic mass is 10.1. The average molecular weight is 387 g/mol. The summed E-state index contributed by atoms with van der Waals surface area (Å²) in [4.78, 5) is 21.4. The van der Waals surface area contributed by atoms with E-state index in [1.165, 1.54) is 23.5 Å². The van der Waals surface area contributed by atoms with E-state index in [0.717, 1.165) is 32.8 Å². The Morgan fingerprint density at radius 1 is 1.14 bits per heavy atom. The summed E-state index contributed by atoms with van der Waals surface area (Å²) in [5, 5.41) is 2.83. The second-order valence-corrected chi connectivity index (χ2v) is 7.23. The number of para-hydroxylation sites is 1. The molecule has 28 heavy (non-hydrogen) atoms. The molecule has 6 heteroatoms. The highest BCUT2D eigenvalue weighted by Crippen LogP contribution is 2.28. The number of hydrogen-bond donors (Lipinski definition) is 1. The second kappa shape index (κ2) is 6.58. The molecule has 0 saturated carbocycles. The first-order valence-electron chi connectivity index (χ1n) is 8.71. The molecule has 0 amide bonds. The van der Waals surface area contributed by atoms with Crippen LogP contribution in [0, 0.1) is 5.82 Å². The van der Waals surface area contributed by atoms with Crippen LogP contribution in [0.15, 0.2) is 72.4 Å². The summed E-state index contributed by atoms with van der Waals surface area (Å²) >= 11 is 1.51. The smallest absolute Gasteiger partial charge is 0.194 e. The van der Waals surface area contributed by atoms with Crippen LogP contribution < -0.4 is 0 Å². The van der Waals surface area contributed by atoms with Gasteiger partial charge < -0.3 is 4.98 Å². The Balaban J connectivity index is 1.57. The van der Waals surface area contributed by atoms with Crippen molar-refractivity contribution in [3.8, 4) is 11.3 Å². The molecular weight excluding hydrogens is 373 g/mol. The van der Waals surface area contributed by atoms with Crippen LogP contribution >= 0.6 is 11.3 Å². The van der Waals surface area contributed by atoms with E-state index < -0.39 is 0 Å². The number of halogens is 1. The van der Waals surface area contributed by atoms with Crippen LogP contribution in [-0.4, -0.2) is 20.2 Å². The number of carbonyl (C=O) groups is 1. The third kappa shape index (κ3) is 2.75. The van der Waals surface area contributed by atoms with Crippen LogP contribution in [0.4, 0.5) is 4.39 Å². The molecule has 0 spiro atoms. The molecule has 0 aliphatic heterocycles. The third-order valence-corrected chi connectivity index (χ3v) is 5.42. The van der Waals surface area contributed by atoms with Gasteiger partial charge in [0, 0.05) is 39.8 Å². The number of nitrogens with zero attached hydrogens (tertiary/aromatic N) is 2. The van der Waals surface area contributed by atoms with E-state index in [1.54, 1.807) is 30.5 Å². The first kappa shape index (κ1) is 16.6. The van der Waals surface area contributed by atoms with Crippen molar-refractivity contribution in [2.24, 2.45) is 0 Å². The number of thiazole rings is 1. The number of imidazole rings is 1. The first-order chi connectivity index (χ1) is 13.7. The minimum atomic E-state index is -0.295. The molecule has 0 aliphatic carbocycles. The molecule has 0 atom stereocenters. The summed E-state index contributed by atoms with van der Waals surface area (Å²) < 4.78 is 15.2. The van der Waals surface area contributed by atoms with Crippen molar-refractivity contribution in [3.63, 3.8) is 0 Å². The number of carbonyl (C=O) groups excluding carboxylic acids is 1. The number of nitrogens with one attached hydrogen (secondary N) is 1. The maximum absolute atomic E-state index is 13.3. The predicted octanol–water partition coefficient (Wildman–Crippen LogP) is 5.58. The average Bonchev–Trinajstić information content (AvgIpc) is 3.41. The SMILES string of the molecule is O=C(C=Cc1c(-c2ccc(F)cc2)nc2sccn12)c1c[nH]c2ccccc12. The van der Waals surface area contributed by atoms with Gasteiger partial charge >= 0.3 is 0 Å². The number of benzene rings is 2. The molecule has 5 rings (SSSR count). The molecule has 4 nitrogen and oxygen atoms in total. The van der Waals surface area contributed by atoms with Gasteiger partial charge in [0.1, 0.15) is 5.82 Å². The molecule has 0 saturated heterocycles. The third-order valence-electron chi connectivity index (χ3n) is 4.66. The summed E-state index contributed by atoms with van der Waals surface area (Å²) in [5.41, 5.74) is 3.86. The highest BCUT2D eigenvalue weighted by atomic mass is 32.1. The lowest BCUT2D eigenvalue weighted by molar-refractivity contribution is 0.104. The Kier molecular flexibility index (Phi) is 3.91. The van der Waals surface area contributed by atoms with Gasteiger partial charge in [-0.05, 0) is 42.5 Å². The van der Waals surface area contributed by atoms with Crippen LogP contribution in [0.1, 0.15) is 16.1 Å². The van der Waals surface area contributed by atoms with Gasteiger partial charge in [-0.25, -0.2) is 9.37 Å². The van der Waals surface area contributed by atoms with Gasteiger partial charge in [-0.1, -0.05) is 18.2 Å². The van der Waals surface area contributed by atoms with Crippen LogP contribution in [0.3, 0.4) is 0 Å². The van der Waals surface area contributed by atoms with E-state index in [4.69, 9.17) is 0 Å². The Bertz CT molecular complexity index is 1340. The van der Waals surface area contributed by atoms with E-state index in [2.05, 4.69) is 9.97 Å². The predicted molar refractivity (Wildman–Crippen MR) is 110 cm³/mol. The fraction of sp³-hybridized carbons (Fsp3) is 0. The standard InChI is InChI=1S/C22H14FN3OS/c23-15-7-5-14(6-8-15)21-19(26-11-12-28-22(26)25-21)9-10-20(27)17-13-24-18-4-2-1-3-16(17)18/h1-13,24H. The molecule has 0 unspecified atom stereocenters. The van der Waals surface area contributed by atoms with Crippen molar-refractivity contribution in [3.05, 3.63) is 89.5 Å². The number of aromatic nitrogens is 3. The largest absolute Gasteiger partial charge is 0.360 e. The molecule has 0 aliphatic rings. The van der Waals surface area contributed by atoms with Crippen molar-refractivity contribution in [2.45, 2.75) is 0 Å². The molecule has 0 radical (unpaired) electrons. The van der Waals surface area contributed by atoms with E-state index >= 15 is 0 Å². The summed E-state index contributed by atoms with van der Waals surface area (Å²) in [5.74, 6) is -0.385. The Morgan fingerprint density at radius 3 is 2.82 bits per heavy atom. The Morgan fingerprint density at radius 2 is 1.96 bits per heavy atom. The number of rotatable bonds is 4. The number of fused-ring (bicyclic) bond motifs is 2. The van der Waals surface area contributed by atoms with Crippen molar-refractivity contribution >= 4 is 39.1 Å². The zero-order chi connectivity index (χ0) is 19.1. The lowest BCUT2D eigenvalue weighted by Crippen LogP contribution is -1.93. The van der Waals surface area contributed by atoms with Gasteiger partial charge in [0.15, 0.2) is 10.7 Å². The molecule has 1 N–H and O–H groups in total. The molecule has 136 valence electrons. The normalized spacial score (nSPS) is 11.8. The topological polar surface area (TPSA) is 50.2 Å². The maximum Gasteiger partial charge on any atom is 0.194 e. The van der Waals surface area contributed by atoms with Gasteiger partial charge in [-0.3, -0.25) is 9.20 Å².